The number of nitrogens with zero attached hydrogens (tertiary/aromatic N) is 1. The summed E-state index contributed by atoms with van der Waals surface area (Å²) in [6.45, 7) is -2.96. The third-order valence-corrected chi connectivity index (χ3v) is 2.01. The molecular weight excluding hydrogens is 229 g/mol. The first-order valence-corrected chi connectivity index (χ1v) is 4.38. The van der Waals surface area contributed by atoms with Gasteiger partial charge in [0.05, 0.1) is 0 Å². The predicted octanol–water partition coefficient (Wildman–Crippen LogP) is -0.178. The Labute approximate surface area is 131 Å². The molecule has 0 heterocycles. The second-order valence-electron chi connectivity index (χ2n) is 3.38. The molecule has 6 heteroatoms. The van der Waals surface area contributed by atoms with Crippen molar-refractivity contribution in [3.8, 4) is 0 Å². The Morgan fingerprint density at radius 2 is 1.73 bits per heavy atom. The molecule has 15 heavy (non-hydrogen) atoms. The molecule has 1 nitrogen and oxygen atoms in total. The Morgan fingerprint density at radius 3 is 2.20 bits per heavy atom. The predicted molar refractivity (Wildman–Crippen MR) is 53.5 cm³/mol. The van der Waals surface area contributed by atoms with Crippen molar-refractivity contribution < 1.29 is 64.3 Å². The van der Waals surface area contributed by atoms with Gasteiger partial charge in [-0.1, -0.05) is 18.2 Å². The van der Waals surface area contributed by atoms with E-state index in [0.717, 1.165) is 5.56 Å². The molecule has 0 spiro atoms. The zero-order valence-electron chi connectivity index (χ0n) is 9.17. The molecule has 78 valence electrons. The Balaban J connectivity index is 0.00000196. The normalized spacial score (nSPS) is 10.7. The monoisotopic (exact) mass is 241 g/mol. The number of benzene rings is 1. The van der Waals surface area contributed by atoms with Crippen molar-refractivity contribution in [3.05, 3.63) is 29.8 Å². The van der Waals surface area contributed by atoms with Crippen LogP contribution in [0.5, 0.6) is 0 Å². The van der Waals surface area contributed by atoms with Gasteiger partial charge in [0.15, 0.2) is 0 Å². The van der Waals surface area contributed by atoms with Crippen molar-refractivity contribution >= 4 is 12.7 Å². The van der Waals surface area contributed by atoms with Crippen LogP contribution < -0.4 is 56.3 Å². The molecule has 1 aromatic rings. The maximum Gasteiger partial charge on any atom is 1.00 e. The van der Waals surface area contributed by atoms with Gasteiger partial charge in [-0.05, 0) is 25.0 Å². The number of hydrogen-bond donors (Lipinski definition) is 0. The van der Waals surface area contributed by atoms with Gasteiger partial charge in [-0.15, -0.1) is 0 Å². The van der Waals surface area contributed by atoms with Crippen LogP contribution in [0, 0.1) is 6.92 Å². The van der Waals surface area contributed by atoms with Gasteiger partial charge >= 0.3 is 58.4 Å². The van der Waals surface area contributed by atoms with E-state index >= 15 is 0 Å². The smallest absolute Gasteiger partial charge is 0.448 e. The summed E-state index contributed by atoms with van der Waals surface area (Å²) >= 11 is 0. The minimum atomic E-state index is -4.76. The summed E-state index contributed by atoms with van der Waals surface area (Å²) in [6, 6.07) is 7.04. The number of para-hydroxylation sites is 1. The standard InChI is InChI=1S/C9H12BF3N.K/c1-8-5-3-4-6-9(8)14(2)7-10(11,12)13;/h3-6H,7H2,1-2H3;/q-1;+1. The third-order valence-electron chi connectivity index (χ3n) is 2.01. The van der Waals surface area contributed by atoms with E-state index in [1.54, 1.807) is 25.1 Å². The number of anilines is 1. The molecule has 0 unspecified atom stereocenters. The summed E-state index contributed by atoms with van der Waals surface area (Å²) in [7, 11) is 1.46. The molecular formula is C9H12BF3KN. The number of aryl methyl sites for hydroxylation is 1. The molecule has 0 radical (unpaired) electrons. The SMILES string of the molecule is Cc1ccccc1N(C)C[B-](F)(F)F.[K+]. The Kier molecular flexibility index (Phi) is 6.51. The molecule has 0 aromatic heterocycles. The Bertz CT molecular complexity index is 316. The number of halogens is 3. The summed E-state index contributed by atoms with van der Waals surface area (Å²) in [4.78, 5) is 1.23. The van der Waals surface area contributed by atoms with E-state index in [9.17, 15) is 12.9 Å². The minimum Gasteiger partial charge on any atom is -0.448 e. The van der Waals surface area contributed by atoms with Crippen molar-refractivity contribution in [2.45, 2.75) is 6.92 Å². The summed E-state index contributed by atoms with van der Waals surface area (Å²) in [6.07, 6.45) is -0.856. The molecule has 0 fully saturated rings. The largest absolute Gasteiger partial charge is 1.00 e. The maximum atomic E-state index is 12.1. The van der Waals surface area contributed by atoms with Gasteiger partial charge in [0.1, 0.15) is 0 Å². The quantitative estimate of drug-likeness (QED) is 0.664. The Hall–Kier alpha value is 0.511. The van der Waals surface area contributed by atoms with Crippen LogP contribution in [0.2, 0.25) is 0 Å². The van der Waals surface area contributed by atoms with Crippen molar-refractivity contribution in [1.82, 2.24) is 0 Å². The van der Waals surface area contributed by atoms with Crippen LogP contribution in [0.3, 0.4) is 0 Å². The molecule has 0 amide bonds. The van der Waals surface area contributed by atoms with Crippen molar-refractivity contribution in [1.29, 1.82) is 0 Å². The van der Waals surface area contributed by atoms with Gasteiger partial charge < -0.3 is 17.8 Å². The van der Waals surface area contributed by atoms with Gasteiger partial charge in [-0.25, -0.2) is 0 Å². The molecule has 0 saturated heterocycles. The van der Waals surface area contributed by atoms with E-state index in [-0.39, 0.29) is 51.4 Å². The minimum absolute atomic E-state index is 0. The van der Waals surface area contributed by atoms with Crippen molar-refractivity contribution in [2.24, 2.45) is 0 Å². The van der Waals surface area contributed by atoms with Gasteiger partial charge in [-0.2, -0.15) is 0 Å². The summed E-state index contributed by atoms with van der Waals surface area (Å²) in [5, 5.41) is 0. The van der Waals surface area contributed by atoms with Crippen LogP contribution >= 0.6 is 0 Å². The van der Waals surface area contributed by atoms with Gasteiger partial charge in [0, 0.05) is 12.7 Å². The van der Waals surface area contributed by atoms with Crippen molar-refractivity contribution in [3.63, 3.8) is 0 Å². The molecule has 0 aliphatic rings. The summed E-state index contributed by atoms with van der Waals surface area (Å²) in [5.41, 5.74) is 1.49. The van der Waals surface area contributed by atoms with Gasteiger partial charge in [0.25, 0.3) is 0 Å². The van der Waals surface area contributed by atoms with Gasteiger partial charge in [0.2, 0.25) is 0 Å². The first-order valence-electron chi connectivity index (χ1n) is 4.38. The van der Waals surface area contributed by atoms with Crippen LogP contribution in [0.25, 0.3) is 0 Å². The molecule has 0 N–H and O–H groups in total. The maximum absolute atomic E-state index is 12.1. The zero-order chi connectivity index (χ0) is 10.8. The molecule has 0 atom stereocenters. The molecule has 0 aliphatic heterocycles. The molecule has 0 saturated carbocycles. The average molecular weight is 241 g/mol. The van der Waals surface area contributed by atoms with E-state index in [0.29, 0.717) is 5.69 Å². The van der Waals surface area contributed by atoms with E-state index in [1.165, 1.54) is 11.9 Å². The Morgan fingerprint density at radius 1 is 1.20 bits per heavy atom. The summed E-state index contributed by atoms with van der Waals surface area (Å²) in [5.74, 6) is 0. The fourth-order valence-electron chi connectivity index (χ4n) is 1.40. The van der Waals surface area contributed by atoms with Crippen LogP contribution in [0.15, 0.2) is 24.3 Å². The van der Waals surface area contributed by atoms with Crippen LogP contribution in [-0.4, -0.2) is 20.5 Å². The third kappa shape index (κ3) is 5.40. The van der Waals surface area contributed by atoms with Crippen LogP contribution in [0.4, 0.5) is 18.6 Å². The number of hydrogen-bond acceptors (Lipinski definition) is 1. The van der Waals surface area contributed by atoms with Crippen LogP contribution in [-0.2, 0) is 0 Å². The van der Waals surface area contributed by atoms with E-state index < -0.39 is 13.4 Å². The fourth-order valence-corrected chi connectivity index (χ4v) is 1.40. The number of rotatable bonds is 3. The molecule has 0 aliphatic carbocycles. The van der Waals surface area contributed by atoms with Crippen molar-refractivity contribution in [2.75, 3.05) is 18.4 Å². The molecule has 0 bridgehead atoms. The topological polar surface area (TPSA) is 3.24 Å². The van der Waals surface area contributed by atoms with Crippen LogP contribution in [0.1, 0.15) is 5.56 Å². The van der Waals surface area contributed by atoms with E-state index in [4.69, 9.17) is 0 Å². The fraction of sp³-hybridized carbons (Fsp3) is 0.333. The van der Waals surface area contributed by atoms with Gasteiger partial charge in [-0.3, -0.25) is 0 Å². The zero-order valence-corrected chi connectivity index (χ0v) is 12.3. The molecule has 1 rings (SSSR count). The van der Waals surface area contributed by atoms with E-state index in [1.807, 2.05) is 6.07 Å². The average Bonchev–Trinajstić information content (AvgIpc) is 2.01. The first-order chi connectivity index (χ1) is 6.40. The second kappa shape index (κ2) is 6.30. The molecule has 1 aromatic carbocycles. The second-order valence-corrected chi connectivity index (χ2v) is 3.38. The van der Waals surface area contributed by atoms with E-state index in [2.05, 4.69) is 0 Å². The summed E-state index contributed by atoms with van der Waals surface area (Å²) < 4.78 is 36.4. The first kappa shape index (κ1) is 15.5.